The molecule has 0 radical (unpaired) electrons. The van der Waals surface area contributed by atoms with E-state index in [1.165, 1.54) is 22.1 Å². The molecule has 0 N–H and O–H groups in total. The van der Waals surface area contributed by atoms with E-state index < -0.39 is 0 Å². The normalized spacial score (nSPS) is 10.6. The van der Waals surface area contributed by atoms with Crippen LogP contribution in [0.15, 0.2) is 60.8 Å². The summed E-state index contributed by atoms with van der Waals surface area (Å²) in [4.78, 5) is 4.42. The number of hydrogen-bond acceptors (Lipinski definition) is 1. The molecule has 0 aliphatic heterocycles. The van der Waals surface area contributed by atoms with Gasteiger partial charge in [-0.2, -0.15) is 0 Å². The number of benzene rings is 2. The second-order valence-electron chi connectivity index (χ2n) is 4.23. The van der Waals surface area contributed by atoms with Gasteiger partial charge in [0.2, 0.25) is 0 Å². The molecule has 3 rings (SSSR count). The maximum absolute atomic E-state index is 4.42. The van der Waals surface area contributed by atoms with Crippen LogP contribution in [0, 0.1) is 6.92 Å². The minimum absolute atomic E-state index is 1.09. The standard InChI is InChI=1S/C16H13N/c1-12-10-15(13-6-3-2-4-7-13)11-14-8-5-9-17-16(12)14/h2-11H,1H3. The number of aryl methyl sites for hydroxylation is 1. The molecule has 3 aromatic rings. The molecular formula is C16H13N. The third-order valence-electron chi connectivity index (χ3n) is 3.00. The average Bonchev–Trinajstić information content (AvgIpc) is 2.40. The first-order chi connectivity index (χ1) is 8.34. The highest BCUT2D eigenvalue weighted by molar-refractivity contribution is 5.87. The largest absolute Gasteiger partial charge is 0.256 e. The molecule has 0 saturated carbocycles. The van der Waals surface area contributed by atoms with Gasteiger partial charge in [0.05, 0.1) is 5.52 Å². The van der Waals surface area contributed by atoms with Crippen LogP contribution in [0.2, 0.25) is 0 Å². The number of hydrogen-bond donors (Lipinski definition) is 0. The van der Waals surface area contributed by atoms with Crippen molar-refractivity contribution in [2.45, 2.75) is 6.92 Å². The van der Waals surface area contributed by atoms with Gasteiger partial charge in [0.1, 0.15) is 0 Å². The van der Waals surface area contributed by atoms with Crippen LogP contribution in [0.3, 0.4) is 0 Å². The molecule has 0 spiro atoms. The number of pyridine rings is 1. The third kappa shape index (κ3) is 1.80. The van der Waals surface area contributed by atoms with Crippen LogP contribution in [-0.2, 0) is 0 Å². The Labute approximate surface area is 101 Å². The van der Waals surface area contributed by atoms with Gasteiger partial charge in [-0.1, -0.05) is 36.4 Å². The van der Waals surface area contributed by atoms with E-state index in [0.29, 0.717) is 0 Å². The molecule has 0 fully saturated rings. The highest BCUT2D eigenvalue weighted by Gasteiger charge is 2.02. The fourth-order valence-electron chi connectivity index (χ4n) is 2.17. The predicted octanol–water partition coefficient (Wildman–Crippen LogP) is 4.21. The SMILES string of the molecule is Cc1cc(-c2ccccc2)cc2cccnc12. The average molecular weight is 219 g/mol. The van der Waals surface area contributed by atoms with Crippen molar-refractivity contribution < 1.29 is 0 Å². The second kappa shape index (κ2) is 4.02. The molecule has 1 heterocycles. The van der Waals surface area contributed by atoms with Crippen LogP contribution in [0.5, 0.6) is 0 Å². The Hall–Kier alpha value is -2.15. The van der Waals surface area contributed by atoms with E-state index in [1.807, 2.05) is 18.3 Å². The summed E-state index contributed by atoms with van der Waals surface area (Å²) in [5.41, 5.74) is 4.82. The molecule has 0 aliphatic rings. The molecule has 0 aliphatic carbocycles. The van der Waals surface area contributed by atoms with Crippen LogP contribution < -0.4 is 0 Å². The summed E-state index contributed by atoms with van der Waals surface area (Å²) in [7, 11) is 0. The smallest absolute Gasteiger partial charge is 0.0731 e. The van der Waals surface area contributed by atoms with Crippen molar-refractivity contribution in [2.75, 3.05) is 0 Å². The van der Waals surface area contributed by atoms with Gasteiger partial charge in [-0.25, -0.2) is 0 Å². The molecule has 0 saturated heterocycles. The highest BCUT2D eigenvalue weighted by atomic mass is 14.6. The first kappa shape index (κ1) is 10.0. The second-order valence-corrected chi connectivity index (χ2v) is 4.23. The Morgan fingerprint density at radius 2 is 1.65 bits per heavy atom. The van der Waals surface area contributed by atoms with Crippen LogP contribution >= 0.6 is 0 Å². The Morgan fingerprint density at radius 1 is 0.824 bits per heavy atom. The molecule has 0 amide bonds. The Kier molecular flexibility index (Phi) is 2.37. The summed E-state index contributed by atoms with van der Waals surface area (Å²) >= 11 is 0. The Bertz CT molecular complexity index is 657. The number of aromatic nitrogens is 1. The van der Waals surface area contributed by atoms with E-state index in [1.54, 1.807) is 0 Å². The zero-order chi connectivity index (χ0) is 11.7. The van der Waals surface area contributed by atoms with Crippen LogP contribution in [0.25, 0.3) is 22.0 Å². The van der Waals surface area contributed by atoms with Gasteiger partial charge in [-0.05, 0) is 41.8 Å². The van der Waals surface area contributed by atoms with E-state index >= 15 is 0 Å². The van der Waals surface area contributed by atoms with Crippen molar-refractivity contribution >= 4 is 10.9 Å². The van der Waals surface area contributed by atoms with E-state index in [0.717, 1.165) is 5.52 Å². The molecule has 1 nitrogen and oxygen atoms in total. The molecule has 17 heavy (non-hydrogen) atoms. The van der Waals surface area contributed by atoms with Crippen molar-refractivity contribution in [1.29, 1.82) is 0 Å². The predicted molar refractivity (Wildman–Crippen MR) is 71.9 cm³/mol. The van der Waals surface area contributed by atoms with Gasteiger partial charge in [-0.3, -0.25) is 4.98 Å². The van der Waals surface area contributed by atoms with Gasteiger partial charge in [0.25, 0.3) is 0 Å². The molecule has 0 unspecified atom stereocenters. The molecule has 1 aromatic heterocycles. The minimum atomic E-state index is 1.09. The van der Waals surface area contributed by atoms with Gasteiger partial charge in [0.15, 0.2) is 0 Å². The zero-order valence-corrected chi connectivity index (χ0v) is 9.72. The Morgan fingerprint density at radius 3 is 2.47 bits per heavy atom. The topological polar surface area (TPSA) is 12.9 Å². The van der Waals surface area contributed by atoms with E-state index in [2.05, 4.69) is 54.4 Å². The van der Waals surface area contributed by atoms with Crippen molar-refractivity contribution in [3.8, 4) is 11.1 Å². The lowest BCUT2D eigenvalue weighted by Crippen LogP contribution is -1.85. The summed E-state index contributed by atoms with van der Waals surface area (Å²) in [6.45, 7) is 2.11. The van der Waals surface area contributed by atoms with Crippen LogP contribution in [0.4, 0.5) is 0 Å². The van der Waals surface area contributed by atoms with Gasteiger partial charge >= 0.3 is 0 Å². The third-order valence-corrected chi connectivity index (χ3v) is 3.00. The van der Waals surface area contributed by atoms with Gasteiger partial charge in [0, 0.05) is 11.6 Å². The maximum atomic E-state index is 4.42. The number of fused-ring (bicyclic) bond motifs is 1. The van der Waals surface area contributed by atoms with E-state index in [9.17, 15) is 0 Å². The molecule has 2 aromatic carbocycles. The first-order valence-electron chi connectivity index (χ1n) is 5.75. The molecule has 0 atom stereocenters. The van der Waals surface area contributed by atoms with Gasteiger partial charge in [-0.15, -0.1) is 0 Å². The summed E-state index contributed by atoms with van der Waals surface area (Å²) in [6, 6.07) is 18.9. The fourth-order valence-corrected chi connectivity index (χ4v) is 2.17. The van der Waals surface area contributed by atoms with Crippen molar-refractivity contribution in [3.05, 3.63) is 66.4 Å². The number of nitrogens with zero attached hydrogens (tertiary/aromatic N) is 1. The summed E-state index contributed by atoms with van der Waals surface area (Å²) in [6.07, 6.45) is 1.84. The van der Waals surface area contributed by atoms with Gasteiger partial charge < -0.3 is 0 Å². The van der Waals surface area contributed by atoms with E-state index in [-0.39, 0.29) is 0 Å². The van der Waals surface area contributed by atoms with Crippen LogP contribution in [-0.4, -0.2) is 4.98 Å². The van der Waals surface area contributed by atoms with E-state index in [4.69, 9.17) is 0 Å². The quantitative estimate of drug-likeness (QED) is 0.597. The fraction of sp³-hybridized carbons (Fsp3) is 0.0625. The maximum Gasteiger partial charge on any atom is 0.0731 e. The minimum Gasteiger partial charge on any atom is -0.256 e. The van der Waals surface area contributed by atoms with Crippen molar-refractivity contribution in [3.63, 3.8) is 0 Å². The molecule has 0 bridgehead atoms. The monoisotopic (exact) mass is 219 g/mol. The lowest BCUT2D eigenvalue weighted by Gasteiger charge is -2.06. The zero-order valence-electron chi connectivity index (χ0n) is 9.72. The van der Waals surface area contributed by atoms with Crippen molar-refractivity contribution in [1.82, 2.24) is 4.98 Å². The lowest BCUT2D eigenvalue weighted by atomic mass is 10.0. The Balaban J connectivity index is 2.26. The summed E-state index contributed by atoms with van der Waals surface area (Å²) in [5.74, 6) is 0. The number of rotatable bonds is 1. The molecule has 1 heteroatoms. The lowest BCUT2D eigenvalue weighted by molar-refractivity contribution is 1.37. The van der Waals surface area contributed by atoms with Crippen molar-refractivity contribution in [2.24, 2.45) is 0 Å². The summed E-state index contributed by atoms with van der Waals surface area (Å²) in [5, 5.41) is 1.20. The molecular weight excluding hydrogens is 206 g/mol. The molecule has 82 valence electrons. The van der Waals surface area contributed by atoms with Crippen LogP contribution in [0.1, 0.15) is 5.56 Å². The summed E-state index contributed by atoms with van der Waals surface area (Å²) < 4.78 is 0. The highest BCUT2D eigenvalue weighted by Crippen LogP contribution is 2.25. The first-order valence-corrected chi connectivity index (χ1v) is 5.75.